The molecule has 4 aliphatic carbocycles. The first kappa shape index (κ1) is 65.1. The number of carbonyl (C=O) groups excluding carboxylic acids is 1. The van der Waals surface area contributed by atoms with Gasteiger partial charge in [0.05, 0.1) is 51.5 Å². The molecule has 16 N–H and O–H groups in total. The van der Waals surface area contributed by atoms with Crippen LogP contribution in [0, 0.1) is 46.3 Å². The first-order valence-electron chi connectivity index (χ1n) is 29.9. The van der Waals surface area contributed by atoms with Gasteiger partial charge >= 0.3 is 0 Å². The van der Waals surface area contributed by atoms with Gasteiger partial charge < -0.3 is 134 Å². The molecule has 0 aromatic rings. The van der Waals surface area contributed by atoms with Crippen molar-refractivity contribution < 1.29 is 139 Å². The second-order valence-corrected chi connectivity index (χ2v) is 25.9. The zero-order chi connectivity index (χ0) is 60.6. The van der Waals surface area contributed by atoms with E-state index in [4.69, 9.17) is 52.1 Å². The van der Waals surface area contributed by atoms with Gasteiger partial charge in [-0.1, -0.05) is 20.8 Å². The van der Waals surface area contributed by atoms with Gasteiger partial charge in [-0.15, -0.1) is 0 Å². The summed E-state index contributed by atoms with van der Waals surface area (Å²) in [5.41, 5.74) is 0.257. The van der Waals surface area contributed by atoms with E-state index in [0.29, 0.717) is 38.5 Å². The molecule has 482 valence electrons. The van der Waals surface area contributed by atoms with E-state index in [1.54, 1.807) is 0 Å². The quantitative estimate of drug-likeness (QED) is 0.0570. The number of ketones is 1. The molecule has 84 heavy (non-hydrogen) atoms. The molecule has 1 unspecified atom stereocenters. The molecule has 4 saturated carbocycles. The summed E-state index contributed by atoms with van der Waals surface area (Å²) < 4.78 is 65.8. The minimum absolute atomic E-state index is 0.0153. The number of hydrogen-bond acceptors (Lipinski definition) is 28. The van der Waals surface area contributed by atoms with Crippen molar-refractivity contribution in [1.82, 2.24) is 0 Å². The molecule has 34 atom stereocenters. The lowest BCUT2D eigenvalue weighted by atomic mass is 9.44. The number of fused-ring (bicyclic) bond motifs is 7. The van der Waals surface area contributed by atoms with Gasteiger partial charge in [-0.25, -0.2) is 0 Å². The minimum atomic E-state index is -2.03. The highest BCUT2D eigenvalue weighted by atomic mass is 16.8. The van der Waals surface area contributed by atoms with E-state index in [9.17, 15) is 86.5 Å². The zero-order valence-corrected chi connectivity index (χ0v) is 47.6. The van der Waals surface area contributed by atoms with Gasteiger partial charge in [-0.3, -0.25) is 4.79 Å². The Hall–Kier alpha value is -1.83. The summed E-state index contributed by atoms with van der Waals surface area (Å²) in [6.07, 6.45) is -35.2. The molecule has 10 rings (SSSR count). The lowest BCUT2D eigenvalue weighted by Crippen LogP contribution is -2.68. The van der Waals surface area contributed by atoms with Crippen molar-refractivity contribution in [1.29, 1.82) is 0 Å². The average Bonchev–Trinajstić information content (AvgIpc) is 1.62. The normalized spacial score (nSPS) is 52.7. The minimum Gasteiger partial charge on any atom is -0.494 e. The van der Waals surface area contributed by atoms with E-state index >= 15 is 0 Å². The molecule has 6 heterocycles. The van der Waals surface area contributed by atoms with Crippen LogP contribution in [0.2, 0.25) is 0 Å². The van der Waals surface area contributed by atoms with Crippen LogP contribution in [-0.2, 0) is 56.9 Å². The Bertz CT molecular complexity index is 2250. The smallest absolute Gasteiger partial charge is 0.187 e. The SMILES string of the molecule is CC1=C(CCC(C)CO[C@@H]2O[C@H](CO)[C@@H](O)[C@H](O)[C@H]2O)O[C@H]2C[C@H]3[C@@H]4CC[C@H]5C[C@@H](O[C@@H]6O[C@H](CO)[C@@H](O[C@@H]7O[C@H](CO)[C@@H](O)[C@H](O[C@@H]8OC[C@@H](O)[C@H](O)[C@H]8O)[C@H]7O[C@@H]7O[C@H](CO)[C@H](O)[C@H](O)[C@H]7O)[C@H](O)[C@H]6O)CC[C@]5(C)[C@H]4CC(=O)[C@]3(C)[C@@H]12. The van der Waals surface area contributed by atoms with Crippen LogP contribution in [0.25, 0.3) is 0 Å². The van der Waals surface area contributed by atoms with Gasteiger partial charge in [0, 0.05) is 24.2 Å². The van der Waals surface area contributed by atoms with Crippen LogP contribution in [-0.4, -0.2) is 287 Å². The second kappa shape index (κ2) is 26.2. The summed E-state index contributed by atoms with van der Waals surface area (Å²) in [6.45, 7) is 4.94. The zero-order valence-electron chi connectivity index (χ0n) is 47.6. The summed E-state index contributed by atoms with van der Waals surface area (Å²) in [5.74, 6) is 1.66. The first-order valence-corrected chi connectivity index (χ1v) is 29.9. The molecule has 0 radical (unpaired) electrons. The molecule has 0 aromatic heterocycles. The van der Waals surface area contributed by atoms with Crippen LogP contribution in [0.1, 0.15) is 85.5 Å². The molecular weight excluding hydrogens is 1120 g/mol. The molecule has 0 spiro atoms. The van der Waals surface area contributed by atoms with Gasteiger partial charge in [0.15, 0.2) is 31.5 Å². The van der Waals surface area contributed by atoms with Gasteiger partial charge in [0.2, 0.25) is 0 Å². The molecule has 0 amide bonds. The number of aliphatic hydroxyl groups is 16. The summed E-state index contributed by atoms with van der Waals surface area (Å²) in [5, 5.41) is 170. The van der Waals surface area contributed by atoms with E-state index in [0.717, 1.165) is 30.6 Å². The number of Topliss-reactive ketones (excluding diaryl/α,β-unsaturated/α-hetero) is 1. The van der Waals surface area contributed by atoms with Gasteiger partial charge in [-0.2, -0.15) is 0 Å². The summed E-state index contributed by atoms with van der Waals surface area (Å²) >= 11 is 0. The monoisotopic (exact) mass is 1210 g/mol. The van der Waals surface area contributed by atoms with Crippen molar-refractivity contribution in [2.45, 2.75) is 245 Å². The van der Waals surface area contributed by atoms with Gasteiger partial charge in [0.25, 0.3) is 0 Å². The van der Waals surface area contributed by atoms with Crippen molar-refractivity contribution in [2.75, 3.05) is 39.6 Å². The molecule has 5 saturated heterocycles. The number of hydrogen-bond donors (Lipinski definition) is 16. The maximum Gasteiger partial charge on any atom is 0.187 e. The Morgan fingerprint density at radius 2 is 1.13 bits per heavy atom. The Kier molecular flexibility index (Phi) is 20.3. The average molecular weight is 1210 g/mol. The van der Waals surface area contributed by atoms with E-state index in [1.165, 1.54) is 0 Å². The highest BCUT2D eigenvalue weighted by molar-refractivity contribution is 5.87. The second-order valence-electron chi connectivity index (χ2n) is 25.9. The van der Waals surface area contributed by atoms with Crippen molar-refractivity contribution in [3.05, 3.63) is 11.3 Å². The van der Waals surface area contributed by atoms with E-state index in [-0.39, 0.29) is 59.4 Å². The highest BCUT2D eigenvalue weighted by Crippen LogP contribution is 2.69. The predicted octanol–water partition coefficient (Wildman–Crippen LogP) is -5.36. The Morgan fingerprint density at radius 1 is 0.571 bits per heavy atom. The Morgan fingerprint density at radius 3 is 1.80 bits per heavy atom. The molecule has 9 fully saturated rings. The molecule has 28 nitrogen and oxygen atoms in total. The molecular formula is C56H90O28. The largest absolute Gasteiger partial charge is 0.494 e. The molecule has 0 aromatic carbocycles. The third-order valence-corrected chi connectivity index (χ3v) is 21.1. The van der Waals surface area contributed by atoms with Crippen LogP contribution < -0.4 is 0 Å². The number of carbonyl (C=O) groups is 1. The fourth-order valence-electron chi connectivity index (χ4n) is 16.0. The maximum atomic E-state index is 14.8. The Balaban J connectivity index is 0.772. The van der Waals surface area contributed by atoms with E-state index < -0.39 is 192 Å². The maximum absolute atomic E-state index is 14.8. The van der Waals surface area contributed by atoms with E-state index in [1.807, 2.05) is 6.92 Å². The Labute approximate surface area is 485 Å². The lowest BCUT2D eigenvalue weighted by Gasteiger charge is -2.60. The van der Waals surface area contributed by atoms with Crippen LogP contribution in [0.15, 0.2) is 11.3 Å². The lowest BCUT2D eigenvalue weighted by molar-refractivity contribution is -0.404. The van der Waals surface area contributed by atoms with Crippen molar-refractivity contribution in [2.24, 2.45) is 46.3 Å². The number of allylic oxidation sites excluding steroid dienone is 1. The van der Waals surface area contributed by atoms with Crippen molar-refractivity contribution >= 4 is 5.78 Å². The van der Waals surface area contributed by atoms with E-state index in [2.05, 4.69) is 20.8 Å². The first-order chi connectivity index (χ1) is 39.9. The molecule has 10 aliphatic rings. The van der Waals surface area contributed by atoms with Gasteiger partial charge in [0.1, 0.15) is 128 Å². The number of ether oxygens (including phenoxy) is 11. The van der Waals surface area contributed by atoms with Crippen LogP contribution >= 0.6 is 0 Å². The van der Waals surface area contributed by atoms with Crippen LogP contribution in [0.4, 0.5) is 0 Å². The molecule has 6 aliphatic heterocycles. The fraction of sp³-hybridized carbons (Fsp3) is 0.946. The van der Waals surface area contributed by atoms with Crippen molar-refractivity contribution in [3.8, 4) is 0 Å². The molecule has 28 heteroatoms. The number of aliphatic hydroxyl groups excluding tert-OH is 16. The van der Waals surface area contributed by atoms with Gasteiger partial charge in [-0.05, 0) is 92.4 Å². The van der Waals surface area contributed by atoms with Crippen LogP contribution in [0.5, 0.6) is 0 Å². The third-order valence-electron chi connectivity index (χ3n) is 21.1. The topological polar surface area (TPSA) is 442 Å². The number of rotatable bonds is 18. The van der Waals surface area contributed by atoms with Crippen molar-refractivity contribution in [3.63, 3.8) is 0 Å². The predicted molar refractivity (Wildman–Crippen MR) is 277 cm³/mol. The highest BCUT2D eigenvalue weighted by Gasteiger charge is 2.68. The fourth-order valence-corrected chi connectivity index (χ4v) is 16.0. The summed E-state index contributed by atoms with van der Waals surface area (Å²) in [7, 11) is 0. The summed E-state index contributed by atoms with van der Waals surface area (Å²) in [4.78, 5) is 14.8. The molecule has 0 bridgehead atoms. The third kappa shape index (κ3) is 11.8. The standard InChI is InChI=1S/C56H90O28/c1-20(18-74-50-44(71)40(67)37(64)30(14-57)78-50)5-8-28-21(2)35-29(77-28)12-26-24-7-6-22-11-23(9-10-55(22,3)25(24)13-34(62)56(26,35)4)76-52-46(73)42(69)47(33(17-60)81-52)82-54-49(84-53-45(72)41(68)38(65)31(15-58)79-53)48(39(66)32(16-59)80-54)83-51-43(70)36(63)27(61)19-75-51/h20,22-27,29-33,35-54,57-61,63-73H,5-19H2,1-4H3/t20?,22-,23-,24+,25-,26-,27+,29-,30+,31+,32+,33+,35-,36-,37+,38-,39+,40-,41-,42+,43+,44+,45+,46+,47+,48-,49+,50+,51-,52+,53-,54-,55-,56+/m0/s1. The van der Waals surface area contributed by atoms with Crippen LogP contribution in [0.3, 0.4) is 0 Å². The summed E-state index contributed by atoms with van der Waals surface area (Å²) in [6, 6.07) is 0.